The van der Waals surface area contributed by atoms with E-state index in [1.807, 2.05) is 0 Å². The minimum absolute atomic E-state index is 0.000490. The number of rotatable bonds is 2. The van der Waals surface area contributed by atoms with Gasteiger partial charge < -0.3 is 10.0 Å². The number of likely N-dealkylation sites (tertiary alicyclic amines) is 1. The lowest BCUT2D eigenvalue weighted by molar-refractivity contribution is -0.137. The minimum Gasteiger partial charge on any atom is -0.394 e. The van der Waals surface area contributed by atoms with Crippen molar-refractivity contribution in [3.05, 3.63) is 34.3 Å². The summed E-state index contributed by atoms with van der Waals surface area (Å²) in [7, 11) is 0. The summed E-state index contributed by atoms with van der Waals surface area (Å²) < 4.78 is 50.9. The molecule has 1 aromatic rings. The molecule has 1 aromatic carbocycles. The third-order valence-corrected chi connectivity index (χ3v) is 3.67. The Morgan fingerprint density at radius 2 is 2.10 bits per heavy atom. The van der Waals surface area contributed by atoms with Crippen LogP contribution in [0.3, 0.4) is 0 Å². The van der Waals surface area contributed by atoms with E-state index in [1.165, 1.54) is 0 Å². The van der Waals surface area contributed by atoms with E-state index in [1.54, 1.807) is 0 Å². The molecule has 1 aliphatic heterocycles. The van der Waals surface area contributed by atoms with Crippen LogP contribution in [0.15, 0.2) is 18.2 Å². The monoisotopic (exact) mass is 325 g/mol. The number of alkyl halides is 4. The number of hydrogen-bond acceptors (Lipinski definition) is 2. The largest absolute Gasteiger partial charge is 0.416 e. The lowest BCUT2D eigenvalue weighted by Crippen LogP contribution is -2.38. The molecule has 0 spiro atoms. The summed E-state index contributed by atoms with van der Waals surface area (Å²) in [5.74, 6) is -0.687. The average molecular weight is 326 g/mol. The van der Waals surface area contributed by atoms with E-state index in [-0.39, 0.29) is 23.6 Å². The molecule has 3 nitrogen and oxygen atoms in total. The Hall–Kier alpha value is -1.34. The van der Waals surface area contributed by atoms with E-state index in [9.17, 15) is 22.4 Å². The molecule has 8 heteroatoms. The molecule has 0 saturated carbocycles. The first-order chi connectivity index (χ1) is 9.74. The molecule has 21 heavy (non-hydrogen) atoms. The number of aliphatic hydroxyl groups excluding tert-OH is 1. The highest BCUT2D eigenvalue weighted by Crippen LogP contribution is 2.33. The number of hydrogen-bond donors (Lipinski definition) is 1. The molecule has 0 aromatic heterocycles. The van der Waals surface area contributed by atoms with Gasteiger partial charge in [0.2, 0.25) is 0 Å². The summed E-state index contributed by atoms with van der Waals surface area (Å²) in [6.07, 6.45) is -5.82. The van der Waals surface area contributed by atoms with Crippen molar-refractivity contribution >= 4 is 17.5 Å². The van der Waals surface area contributed by atoms with Crippen LogP contribution in [-0.4, -0.2) is 41.3 Å². The average Bonchev–Trinajstić information content (AvgIpc) is 2.78. The number of amides is 1. The molecule has 1 saturated heterocycles. The smallest absolute Gasteiger partial charge is 0.394 e. The first-order valence-corrected chi connectivity index (χ1v) is 6.54. The zero-order chi connectivity index (χ0) is 15.8. The molecule has 0 bridgehead atoms. The second-order valence-electron chi connectivity index (χ2n) is 4.82. The van der Waals surface area contributed by atoms with Gasteiger partial charge >= 0.3 is 6.18 Å². The molecule has 1 heterocycles. The number of halogens is 5. The number of aliphatic hydroxyl groups is 1. The summed E-state index contributed by atoms with van der Waals surface area (Å²) in [5.41, 5.74) is -1.11. The third kappa shape index (κ3) is 3.29. The highest BCUT2D eigenvalue weighted by molar-refractivity contribution is 6.33. The van der Waals surface area contributed by atoms with Crippen molar-refractivity contribution < 1.29 is 27.5 Å². The number of benzene rings is 1. The quantitative estimate of drug-likeness (QED) is 0.849. The second-order valence-corrected chi connectivity index (χ2v) is 5.23. The number of nitrogens with zero attached hydrogens (tertiary/aromatic N) is 1. The molecule has 1 N–H and O–H groups in total. The van der Waals surface area contributed by atoms with Crippen LogP contribution in [0, 0.1) is 0 Å². The van der Waals surface area contributed by atoms with Gasteiger partial charge in [-0.25, -0.2) is 4.39 Å². The van der Waals surface area contributed by atoms with E-state index in [4.69, 9.17) is 16.7 Å². The van der Waals surface area contributed by atoms with Crippen molar-refractivity contribution in [1.29, 1.82) is 0 Å². The Morgan fingerprint density at radius 3 is 2.62 bits per heavy atom. The first-order valence-electron chi connectivity index (χ1n) is 6.16. The van der Waals surface area contributed by atoms with Crippen LogP contribution in [0.5, 0.6) is 0 Å². The first kappa shape index (κ1) is 16.0. The summed E-state index contributed by atoms with van der Waals surface area (Å²) in [5, 5.41) is 8.77. The molecule has 1 amide bonds. The van der Waals surface area contributed by atoms with Gasteiger partial charge in [-0.1, -0.05) is 11.6 Å². The Kier molecular flexibility index (Phi) is 4.43. The molecular weight excluding hydrogens is 314 g/mol. The van der Waals surface area contributed by atoms with Crippen molar-refractivity contribution in [2.45, 2.75) is 24.8 Å². The standard InChI is InChI=1S/C13H12ClF4NO2/c14-11-3-7(13(16,17)18)1-2-10(11)12(21)19-5-8(15)4-9(19)6-20/h1-3,8-9,20H,4-6H2/t8-,9-/m0/s1. The summed E-state index contributed by atoms with van der Waals surface area (Å²) >= 11 is 5.73. The van der Waals surface area contributed by atoms with Crippen LogP contribution in [0.1, 0.15) is 22.3 Å². The maximum Gasteiger partial charge on any atom is 0.416 e. The number of carbonyl (C=O) groups excluding carboxylic acids is 1. The van der Waals surface area contributed by atoms with Crippen molar-refractivity contribution in [2.24, 2.45) is 0 Å². The van der Waals surface area contributed by atoms with Crippen LogP contribution in [0.4, 0.5) is 17.6 Å². The van der Waals surface area contributed by atoms with Crippen LogP contribution in [0.2, 0.25) is 5.02 Å². The lowest BCUT2D eigenvalue weighted by atomic mass is 10.1. The van der Waals surface area contributed by atoms with Crippen molar-refractivity contribution in [2.75, 3.05) is 13.2 Å². The maximum atomic E-state index is 13.3. The van der Waals surface area contributed by atoms with Crippen LogP contribution >= 0.6 is 11.6 Å². The van der Waals surface area contributed by atoms with Crippen LogP contribution in [-0.2, 0) is 6.18 Å². The fourth-order valence-electron chi connectivity index (χ4n) is 2.30. The van der Waals surface area contributed by atoms with Gasteiger partial charge in [0.25, 0.3) is 5.91 Å². The maximum absolute atomic E-state index is 13.3. The van der Waals surface area contributed by atoms with Gasteiger partial charge in [0.1, 0.15) is 6.17 Å². The van der Waals surface area contributed by atoms with Gasteiger partial charge in [0.15, 0.2) is 0 Å². The third-order valence-electron chi connectivity index (χ3n) is 3.36. The molecule has 116 valence electrons. The van der Waals surface area contributed by atoms with Gasteiger partial charge in [0, 0.05) is 6.42 Å². The summed E-state index contributed by atoms with van der Waals surface area (Å²) in [4.78, 5) is 13.3. The van der Waals surface area contributed by atoms with Gasteiger partial charge in [-0.3, -0.25) is 4.79 Å². The Morgan fingerprint density at radius 1 is 1.43 bits per heavy atom. The molecule has 0 aliphatic carbocycles. The second kappa shape index (κ2) is 5.81. The Labute approximate surface area is 123 Å². The summed E-state index contributed by atoms with van der Waals surface area (Å²) in [6.45, 7) is -0.619. The van der Waals surface area contributed by atoms with E-state index in [0.717, 1.165) is 17.0 Å². The fourth-order valence-corrected chi connectivity index (χ4v) is 2.56. The Bertz CT molecular complexity index is 549. The highest BCUT2D eigenvalue weighted by Gasteiger charge is 2.37. The van der Waals surface area contributed by atoms with Crippen LogP contribution < -0.4 is 0 Å². The summed E-state index contributed by atoms with van der Waals surface area (Å²) in [6, 6.07) is 1.68. The molecule has 0 radical (unpaired) electrons. The molecule has 2 rings (SSSR count). The van der Waals surface area contributed by atoms with Gasteiger partial charge in [-0.15, -0.1) is 0 Å². The normalized spacial score (nSPS) is 22.7. The zero-order valence-corrected chi connectivity index (χ0v) is 11.5. The number of carbonyl (C=O) groups is 1. The predicted octanol–water partition coefficient (Wildman–Crippen LogP) is 2.90. The minimum atomic E-state index is -4.56. The topological polar surface area (TPSA) is 40.5 Å². The zero-order valence-electron chi connectivity index (χ0n) is 10.7. The Balaban J connectivity index is 2.28. The lowest BCUT2D eigenvalue weighted by Gasteiger charge is -2.23. The van der Waals surface area contributed by atoms with E-state index in [0.29, 0.717) is 6.07 Å². The predicted molar refractivity (Wildman–Crippen MR) is 67.9 cm³/mol. The molecule has 0 unspecified atom stereocenters. The molecule has 2 atom stereocenters. The van der Waals surface area contributed by atoms with Crippen molar-refractivity contribution in [1.82, 2.24) is 4.90 Å². The van der Waals surface area contributed by atoms with E-state index < -0.39 is 36.5 Å². The molecular formula is C13H12ClF4NO2. The van der Waals surface area contributed by atoms with Gasteiger partial charge in [-0.2, -0.15) is 13.2 Å². The van der Waals surface area contributed by atoms with Crippen molar-refractivity contribution in [3.63, 3.8) is 0 Å². The SMILES string of the molecule is O=C(c1ccc(C(F)(F)F)cc1Cl)N1C[C@@H](F)C[C@H]1CO. The van der Waals surface area contributed by atoms with E-state index in [2.05, 4.69) is 0 Å². The van der Waals surface area contributed by atoms with Gasteiger partial charge in [0.05, 0.1) is 35.3 Å². The van der Waals surface area contributed by atoms with Crippen LogP contribution in [0.25, 0.3) is 0 Å². The van der Waals surface area contributed by atoms with Gasteiger partial charge in [-0.05, 0) is 18.2 Å². The highest BCUT2D eigenvalue weighted by atomic mass is 35.5. The molecule has 1 fully saturated rings. The fraction of sp³-hybridized carbons (Fsp3) is 0.462. The molecule has 1 aliphatic rings. The van der Waals surface area contributed by atoms with Crippen molar-refractivity contribution in [3.8, 4) is 0 Å². The van der Waals surface area contributed by atoms with E-state index >= 15 is 0 Å².